The fourth-order valence-corrected chi connectivity index (χ4v) is 2.87. The Morgan fingerprint density at radius 1 is 1.05 bits per heavy atom. The summed E-state index contributed by atoms with van der Waals surface area (Å²) in [4.78, 5) is 0.331. The van der Waals surface area contributed by atoms with Crippen molar-refractivity contribution in [3.8, 4) is 5.75 Å². The summed E-state index contributed by atoms with van der Waals surface area (Å²) in [7, 11) is 0. The van der Waals surface area contributed by atoms with Gasteiger partial charge in [-0.15, -0.1) is 0 Å². The molecule has 20 heavy (non-hydrogen) atoms. The minimum absolute atomic E-state index is 0.216. The van der Waals surface area contributed by atoms with Crippen LogP contribution in [0.1, 0.15) is 35.4 Å². The number of benzene rings is 2. The van der Waals surface area contributed by atoms with Gasteiger partial charge in [-0.25, -0.2) is 0 Å². The molecule has 1 unspecified atom stereocenters. The third-order valence-corrected chi connectivity index (χ3v) is 3.96. The lowest BCUT2D eigenvalue weighted by atomic mass is 10.0. The summed E-state index contributed by atoms with van der Waals surface area (Å²) in [5, 5.41) is 0. The van der Waals surface area contributed by atoms with Crippen LogP contribution in [0.15, 0.2) is 48.5 Å². The second kappa shape index (κ2) is 6.94. The van der Waals surface area contributed by atoms with Crippen molar-refractivity contribution >= 4 is 15.9 Å². The average molecular weight is 333 g/mol. The smallest absolute Gasteiger partial charge is 0.119 e. The maximum Gasteiger partial charge on any atom is 0.119 e. The first kappa shape index (κ1) is 15.1. The van der Waals surface area contributed by atoms with Gasteiger partial charge in [0.2, 0.25) is 0 Å². The molecule has 0 aliphatic carbocycles. The largest absolute Gasteiger partial charge is 0.491 e. The number of ether oxygens (including phenoxy) is 1. The molecular weight excluding hydrogens is 312 g/mol. The van der Waals surface area contributed by atoms with Gasteiger partial charge < -0.3 is 4.74 Å². The molecule has 0 radical (unpaired) electrons. The highest BCUT2D eigenvalue weighted by molar-refractivity contribution is 9.09. The van der Waals surface area contributed by atoms with Crippen molar-refractivity contribution in [2.24, 2.45) is 0 Å². The van der Waals surface area contributed by atoms with Crippen molar-refractivity contribution in [3.05, 3.63) is 65.2 Å². The van der Waals surface area contributed by atoms with Gasteiger partial charge in [-0.2, -0.15) is 0 Å². The first-order chi connectivity index (χ1) is 9.54. The van der Waals surface area contributed by atoms with Crippen molar-refractivity contribution in [2.45, 2.75) is 38.1 Å². The van der Waals surface area contributed by atoms with Crippen LogP contribution in [0.5, 0.6) is 5.75 Å². The van der Waals surface area contributed by atoms with Crippen LogP contribution in [0.25, 0.3) is 0 Å². The SMILES string of the molecule is Cc1cccc(CC(Br)c2ccc(OC(C)C)cc2)c1. The molecule has 0 bridgehead atoms. The molecule has 0 aliphatic heterocycles. The zero-order chi connectivity index (χ0) is 14.5. The second-order valence-corrected chi connectivity index (χ2v) is 6.50. The molecule has 0 saturated heterocycles. The lowest BCUT2D eigenvalue weighted by Gasteiger charge is -2.13. The summed E-state index contributed by atoms with van der Waals surface area (Å²) < 4.78 is 5.67. The number of alkyl halides is 1. The Hall–Kier alpha value is -1.28. The fraction of sp³-hybridized carbons (Fsp3) is 0.333. The lowest BCUT2D eigenvalue weighted by Crippen LogP contribution is -2.05. The second-order valence-electron chi connectivity index (χ2n) is 5.40. The third-order valence-electron chi connectivity index (χ3n) is 3.11. The Morgan fingerprint density at radius 2 is 1.75 bits per heavy atom. The highest BCUT2D eigenvalue weighted by Crippen LogP contribution is 2.28. The molecule has 0 N–H and O–H groups in total. The van der Waals surface area contributed by atoms with Gasteiger partial charge in [0.1, 0.15) is 5.75 Å². The van der Waals surface area contributed by atoms with E-state index in [1.165, 1.54) is 16.7 Å². The fourth-order valence-electron chi connectivity index (χ4n) is 2.19. The Labute approximate surface area is 130 Å². The molecule has 2 aromatic rings. The Kier molecular flexibility index (Phi) is 5.24. The highest BCUT2D eigenvalue weighted by Gasteiger charge is 2.09. The summed E-state index contributed by atoms with van der Waals surface area (Å²) in [5.74, 6) is 0.930. The van der Waals surface area contributed by atoms with Gasteiger partial charge in [0, 0.05) is 4.83 Å². The molecule has 0 aromatic heterocycles. The highest BCUT2D eigenvalue weighted by atomic mass is 79.9. The van der Waals surface area contributed by atoms with Crippen LogP contribution in [0.3, 0.4) is 0 Å². The van der Waals surface area contributed by atoms with E-state index in [1.54, 1.807) is 0 Å². The van der Waals surface area contributed by atoms with E-state index < -0.39 is 0 Å². The van der Waals surface area contributed by atoms with Crippen LogP contribution in [0, 0.1) is 6.92 Å². The summed E-state index contributed by atoms with van der Waals surface area (Å²) in [6.45, 7) is 6.21. The summed E-state index contributed by atoms with van der Waals surface area (Å²) in [6.07, 6.45) is 1.21. The zero-order valence-electron chi connectivity index (χ0n) is 12.3. The van der Waals surface area contributed by atoms with Gasteiger partial charge in [-0.3, -0.25) is 0 Å². The number of aryl methyl sites for hydroxylation is 1. The van der Waals surface area contributed by atoms with Crippen LogP contribution in [0.4, 0.5) is 0 Å². The Balaban J connectivity index is 2.03. The van der Waals surface area contributed by atoms with E-state index in [0.717, 1.165) is 12.2 Å². The van der Waals surface area contributed by atoms with Gasteiger partial charge in [0.25, 0.3) is 0 Å². The zero-order valence-corrected chi connectivity index (χ0v) is 13.9. The van der Waals surface area contributed by atoms with E-state index >= 15 is 0 Å². The molecule has 0 fully saturated rings. The predicted octanol–water partition coefficient (Wildman–Crippen LogP) is 5.46. The normalized spacial score (nSPS) is 12.4. The molecule has 106 valence electrons. The van der Waals surface area contributed by atoms with E-state index in [2.05, 4.69) is 59.3 Å². The van der Waals surface area contributed by atoms with Crippen LogP contribution in [-0.2, 0) is 6.42 Å². The molecule has 2 aromatic carbocycles. The average Bonchev–Trinajstić information content (AvgIpc) is 2.38. The van der Waals surface area contributed by atoms with Crippen molar-refractivity contribution in [3.63, 3.8) is 0 Å². The molecule has 1 atom stereocenters. The maximum absolute atomic E-state index is 5.67. The summed E-state index contributed by atoms with van der Waals surface area (Å²) >= 11 is 3.78. The number of rotatable bonds is 5. The number of hydrogen-bond donors (Lipinski definition) is 0. The van der Waals surface area contributed by atoms with Crippen molar-refractivity contribution < 1.29 is 4.74 Å². The van der Waals surface area contributed by atoms with Crippen molar-refractivity contribution in [1.29, 1.82) is 0 Å². The van der Waals surface area contributed by atoms with E-state index in [1.807, 2.05) is 26.0 Å². The molecule has 2 heteroatoms. The monoisotopic (exact) mass is 332 g/mol. The first-order valence-electron chi connectivity index (χ1n) is 7.01. The summed E-state index contributed by atoms with van der Waals surface area (Å²) in [5.41, 5.74) is 3.94. The summed E-state index contributed by atoms with van der Waals surface area (Å²) in [6, 6.07) is 17.0. The molecule has 1 nitrogen and oxygen atoms in total. The number of hydrogen-bond acceptors (Lipinski definition) is 1. The molecule has 0 aliphatic rings. The van der Waals surface area contributed by atoms with Crippen LogP contribution >= 0.6 is 15.9 Å². The van der Waals surface area contributed by atoms with Gasteiger partial charge in [0.15, 0.2) is 0 Å². The molecule has 0 amide bonds. The maximum atomic E-state index is 5.67. The number of halogens is 1. The van der Waals surface area contributed by atoms with Gasteiger partial charge >= 0.3 is 0 Å². The standard InChI is InChI=1S/C18H21BrO/c1-13(2)20-17-9-7-16(8-10-17)18(19)12-15-6-4-5-14(3)11-15/h4-11,13,18H,12H2,1-3H3. The molecule has 0 heterocycles. The van der Waals surface area contributed by atoms with Gasteiger partial charge in [0.05, 0.1) is 6.10 Å². The molecule has 2 rings (SSSR count). The van der Waals surface area contributed by atoms with Crippen LogP contribution in [-0.4, -0.2) is 6.10 Å². The quantitative estimate of drug-likeness (QED) is 0.660. The first-order valence-corrected chi connectivity index (χ1v) is 7.92. The van der Waals surface area contributed by atoms with E-state index in [4.69, 9.17) is 4.74 Å². The predicted molar refractivity (Wildman–Crippen MR) is 88.8 cm³/mol. The van der Waals surface area contributed by atoms with Gasteiger partial charge in [-0.05, 0) is 50.5 Å². The Morgan fingerprint density at radius 3 is 2.35 bits per heavy atom. The van der Waals surface area contributed by atoms with Crippen molar-refractivity contribution in [2.75, 3.05) is 0 Å². The van der Waals surface area contributed by atoms with E-state index in [-0.39, 0.29) is 6.10 Å². The molecule has 0 spiro atoms. The third kappa shape index (κ3) is 4.38. The van der Waals surface area contributed by atoms with E-state index in [0.29, 0.717) is 4.83 Å². The lowest BCUT2D eigenvalue weighted by molar-refractivity contribution is 0.242. The molecular formula is C18H21BrO. The minimum atomic E-state index is 0.216. The topological polar surface area (TPSA) is 9.23 Å². The minimum Gasteiger partial charge on any atom is -0.491 e. The van der Waals surface area contributed by atoms with Gasteiger partial charge in [-0.1, -0.05) is 57.9 Å². The van der Waals surface area contributed by atoms with Crippen molar-refractivity contribution in [1.82, 2.24) is 0 Å². The Bertz CT molecular complexity index is 546. The molecule has 0 saturated carbocycles. The van der Waals surface area contributed by atoms with E-state index in [9.17, 15) is 0 Å². The van der Waals surface area contributed by atoms with Crippen LogP contribution < -0.4 is 4.74 Å². The van der Waals surface area contributed by atoms with Crippen LogP contribution in [0.2, 0.25) is 0 Å².